The highest BCUT2D eigenvalue weighted by atomic mass is 16.6. The molecule has 3 rings (SSSR count). The predicted octanol–water partition coefficient (Wildman–Crippen LogP) is 2.89. The van der Waals surface area contributed by atoms with Gasteiger partial charge in [0.25, 0.3) is 0 Å². The third-order valence-electron chi connectivity index (χ3n) is 3.72. The fourth-order valence-electron chi connectivity index (χ4n) is 2.40. The largest absolute Gasteiger partial charge is 0.443 e. The van der Waals surface area contributed by atoms with Crippen LogP contribution < -0.4 is 5.01 Å². The molecule has 0 aliphatic rings. The Morgan fingerprint density at radius 1 is 1.12 bits per heavy atom. The lowest BCUT2D eigenvalue weighted by molar-refractivity contribution is 0.127. The summed E-state index contributed by atoms with van der Waals surface area (Å²) in [4.78, 5) is 16.5. The van der Waals surface area contributed by atoms with Crippen molar-refractivity contribution in [2.75, 3.05) is 11.6 Å². The maximum atomic E-state index is 12.5. The number of rotatable bonds is 6. The second-order valence-electron chi connectivity index (χ2n) is 5.49. The first-order valence-electron chi connectivity index (χ1n) is 7.93. The molecule has 6 nitrogen and oxygen atoms in total. The second kappa shape index (κ2) is 8.12. The molecule has 1 atom stereocenters. The molecule has 0 fully saturated rings. The maximum absolute atomic E-state index is 12.5. The number of amides is 1. The van der Waals surface area contributed by atoms with Crippen LogP contribution in [0.2, 0.25) is 0 Å². The average Bonchev–Trinajstić information content (AvgIpc) is 3.20. The Morgan fingerprint density at radius 3 is 2.44 bits per heavy atom. The molecule has 1 aromatic heterocycles. The molecule has 0 aliphatic heterocycles. The third-order valence-corrected chi connectivity index (χ3v) is 3.72. The standard InChI is InChI=1S/C19H19N3O3/c23-18(17-9-5-2-6-10-17)13-22(21-12-11-20-15-21)19(24)25-14-16-7-3-1-4-8-16/h1-12,15,18,23H,13-14H2. The van der Waals surface area contributed by atoms with Crippen LogP contribution in [-0.4, -0.2) is 27.4 Å². The summed E-state index contributed by atoms with van der Waals surface area (Å²) >= 11 is 0. The van der Waals surface area contributed by atoms with E-state index in [9.17, 15) is 9.90 Å². The van der Waals surface area contributed by atoms with Crippen LogP contribution in [0.5, 0.6) is 0 Å². The molecule has 0 aliphatic carbocycles. The molecular formula is C19H19N3O3. The van der Waals surface area contributed by atoms with Crippen LogP contribution in [-0.2, 0) is 11.3 Å². The van der Waals surface area contributed by atoms with Crippen molar-refractivity contribution in [1.82, 2.24) is 9.66 Å². The Hall–Kier alpha value is -3.12. The minimum Gasteiger partial charge on any atom is -0.443 e. The van der Waals surface area contributed by atoms with Gasteiger partial charge in [-0.05, 0) is 11.1 Å². The van der Waals surface area contributed by atoms with Crippen LogP contribution in [0.15, 0.2) is 79.4 Å². The first-order chi connectivity index (χ1) is 12.2. The second-order valence-corrected chi connectivity index (χ2v) is 5.49. The third kappa shape index (κ3) is 4.45. The molecule has 0 spiro atoms. The molecule has 0 bridgehead atoms. The minimum atomic E-state index is -0.840. The zero-order chi connectivity index (χ0) is 17.5. The monoisotopic (exact) mass is 337 g/mol. The van der Waals surface area contributed by atoms with Crippen LogP contribution in [0, 0.1) is 0 Å². The molecule has 1 heterocycles. The number of benzene rings is 2. The van der Waals surface area contributed by atoms with E-state index < -0.39 is 12.2 Å². The molecule has 3 aromatic rings. The van der Waals surface area contributed by atoms with E-state index in [4.69, 9.17) is 4.74 Å². The van der Waals surface area contributed by atoms with E-state index in [0.29, 0.717) is 0 Å². The van der Waals surface area contributed by atoms with Crippen molar-refractivity contribution in [3.05, 3.63) is 90.5 Å². The Kier molecular flexibility index (Phi) is 5.43. The number of nitrogens with zero attached hydrogens (tertiary/aromatic N) is 3. The van der Waals surface area contributed by atoms with Gasteiger partial charge >= 0.3 is 6.09 Å². The van der Waals surface area contributed by atoms with Crippen molar-refractivity contribution >= 4 is 6.09 Å². The van der Waals surface area contributed by atoms with Gasteiger partial charge in [-0.1, -0.05) is 60.7 Å². The fourth-order valence-corrected chi connectivity index (χ4v) is 2.40. The molecular weight excluding hydrogens is 318 g/mol. The van der Waals surface area contributed by atoms with Crippen molar-refractivity contribution in [2.45, 2.75) is 12.7 Å². The quantitative estimate of drug-likeness (QED) is 0.751. The zero-order valence-electron chi connectivity index (χ0n) is 13.6. The molecule has 6 heteroatoms. The molecule has 0 saturated heterocycles. The highest BCUT2D eigenvalue weighted by Gasteiger charge is 2.21. The van der Waals surface area contributed by atoms with Gasteiger partial charge in [-0.25, -0.2) is 19.5 Å². The topological polar surface area (TPSA) is 67.6 Å². The molecule has 0 saturated carbocycles. The molecule has 1 N–H and O–H groups in total. The number of aliphatic hydroxyl groups is 1. The normalized spacial score (nSPS) is 11.7. The highest BCUT2D eigenvalue weighted by molar-refractivity contribution is 5.78. The van der Waals surface area contributed by atoms with E-state index in [-0.39, 0.29) is 13.2 Å². The fraction of sp³-hybridized carbons (Fsp3) is 0.158. The Balaban J connectivity index is 1.70. The smallest absolute Gasteiger partial charge is 0.429 e. The van der Waals surface area contributed by atoms with Crippen LogP contribution in [0.25, 0.3) is 0 Å². The van der Waals surface area contributed by atoms with E-state index in [1.165, 1.54) is 16.0 Å². The van der Waals surface area contributed by atoms with Gasteiger partial charge in [0, 0.05) is 12.4 Å². The van der Waals surface area contributed by atoms with E-state index in [2.05, 4.69) is 4.98 Å². The number of aromatic nitrogens is 2. The van der Waals surface area contributed by atoms with E-state index in [1.807, 2.05) is 60.7 Å². The summed E-state index contributed by atoms with van der Waals surface area (Å²) in [5.41, 5.74) is 1.62. The summed E-state index contributed by atoms with van der Waals surface area (Å²) in [7, 11) is 0. The van der Waals surface area contributed by atoms with Gasteiger partial charge in [-0.15, -0.1) is 0 Å². The Morgan fingerprint density at radius 2 is 1.80 bits per heavy atom. The van der Waals surface area contributed by atoms with E-state index >= 15 is 0 Å². The lowest BCUT2D eigenvalue weighted by Gasteiger charge is -2.25. The van der Waals surface area contributed by atoms with Crippen molar-refractivity contribution in [3.63, 3.8) is 0 Å². The number of carbonyl (C=O) groups is 1. The molecule has 1 unspecified atom stereocenters. The Bertz CT molecular complexity index is 776. The van der Waals surface area contributed by atoms with Crippen molar-refractivity contribution < 1.29 is 14.6 Å². The van der Waals surface area contributed by atoms with Gasteiger partial charge in [0.2, 0.25) is 0 Å². The minimum absolute atomic E-state index is 0.0496. The van der Waals surface area contributed by atoms with Gasteiger partial charge in [0.05, 0.1) is 12.6 Å². The van der Waals surface area contributed by atoms with Crippen molar-refractivity contribution in [1.29, 1.82) is 0 Å². The highest BCUT2D eigenvalue weighted by Crippen LogP contribution is 2.14. The number of ether oxygens (including phenoxy) is 1. The number of carbonyl (C=O) groups excluding carboxylic acids is 1. The molecule has 25 heavy (non-hydrogen) atoms. The van der Waals surface area contributed by atoms with Crippen LogP contribution in [0.1, 0.15) is 17.2 Å². The zero-order valence-corrected chi connectivity index (χ0v) is 13.6. The number of imidazole rings is 1. The van der Waals surface area contributed by atoms with E-state index in [0.717, 1.165) is 11.1 Å². The molecule has 0 radical (unpaired) electrons. The number of hydrogen-bond acceptors (Lipinski definition) is 4. The van der Waals surface area contributed by atoms with Crippen molar-refractivity contribution in [3.8, 4) is 0 Å². The first kappa shape index (κ1) is 16.7. The summed E-state index contributed by atoms with van der Waals surface area (Å²) < 4.78 is 6.88. The van der Waals surface area contributed by atoms with Crippen LogP contribution in [0.4, 0.5) is 4.79 Å². The lowest BCUT2D eigenvalue weighted by atomic mass is 10.1. The molecule has 1 amide bonds. The van der Waals surface area contributed by atoms with Crippen LogP contribution >= 0.6 is 0 Å². The SMILES string of the molecule is O=C(OCc1ccccc1)N(CC(O)c1ccccc1)n1ccnc1. The first-order valence-corrected chi connectivity index (χ1v) is 7.93. The Labute approximate surface area is 145 Å². The van der Waals surface area contributed by atoms with E-state index in [1.54, 1.807) is 12.4 Å². The average molecular weight is 337 g/mol. The van der Waals surface area contributed by atoms with Gasteiger partial charge in [0.15, 0.2) is 0 Å². The van der Waals surface area contributed by atoms with Crippen molar-refractivity contribution in [2.24, 2.45) is 0 Å². The van der Waals surface area contributed by atoms with Crippen LogP contribution in [0.3, 0.4) is 0 Å². The summed E-state index contributed by atoms with van der Waals surface area (Å²) in [5, 5.41) is 11.8. The van der Waals surface area contributed by atoms with Gasteiger partial charge in [-0.3, -0.25) is 0 Å². The predicted molar refractivity (Wildman–Crippen MR) is 93.3 cm³/mol. The van der Waals surface area contributed by atoms with Gasteiger partial charge in [-0.2, -0.15) is 0 Å². The molecule has 2 aromatic carbocycles. The van der Waals surface area contributed by atoms with Gasteiger partial charge < -0.3 is 9.84 Å². The number of hydrogen-bond donors (Lipinski definition) is 1. The summed E-state index contributed by atoms with van der Waals surface area (Å²) in [6.45, 7) is 0.209. The summed E-state index contributed by atoms with van der Waals surface area (Å²) in [6, 6.07) is 18.6. The summed E-state index contributed by atoms with van der Waals surface area (Å²) in [6.07, 6.45) is 3.28. The summed E-state index contributed by atoms with van der Waals surface area (Å²) in [5.74, 6) is 0. The van der Waals surface area contributed by atoms with Gasteiger partial charge in [0.1, 0.15) is 12.9 Å². The number of aliphatic hydroxyl groups excluding tert-OH is 1. The maximum Gasteiger partial charge on any atom is 0.429 e. The molecule has 128 valence electrons. The lowest BCUT2D eigenvalue weighted by Crippen LogP contribution is -2.43.